The van der Waals surface area contributed by atoms with Crippen LogP contribution in [0.3, 0.4) is 0 Å². The third kappa shape index (κ3) is 2.90. The molecule has 0 spiro atoms. The average Bonchev–Trinajstić information content (AvgIpc) is 2.87. The molecule has 2 nitrogen and oxygen atoms in total. The van der Waals surface area contributed by atoms with Crippen molar-refractivity contribution in [3.05, 3.63) is 51.5 Å². The van der Waals surface area contributed by atoms with E-state index in [1.807, 2.05) is 6.07 Å². The molecule has 112 valence electrons. The zero-order valence-electron chi connectivity index (χ0n) is 13.0. The first-order valence-electron chi connectivity index (χ1n) is 7.64. The van der Waals surface area contributed by atoms with Gasteiger partial charge in [0.15, 0.2) is 0 Å². The van der Waals surface area contributed by atoms with Crippen molar-refractivity contribution in [3.8, 4) is 0 Å². The first-order valence-corrected chi connectivity index (χ1v) is 8.52. The van der Waals surface area contributed by atoms with Crippen LogP contribution in [-0.4, -0.2) is 10.1 Å². The Labute approximate surface area is 130 Å². The molecule has 1 aromatic carbocycles. The van der Waals surface area contributed by atoms with E-state index in [9.17, 15) is 5.11 Å². The number of benzene rings is 1. The lowest BCUT2D eigenvalue weighted by Gasteiger charge is -2.34. The minimum Gasteiger partial charge on any atom is -0.385 e. The van der Waals surface area contributed by atoms with Crippen LogP contribution in [0.5, 0.6) is 0 Å². The lowest BCUT2D eigenvalue weighted by Crippen LogP contribution is -2.33. The van der Waals surface area contributed by atoms with Gasteiger partial charge in [0.05, 0.1) is 16.3 Å². The van der Waals surface area contributed by atoms with E-state index in [4.69, 9.17) is 4.98 Å². The number of fused-ring (bicyclic) bond motifs is 1. The highest BCUT2D eigenvalue weighted by molar-refractivity contribution is 7.09. The zero-order valence-corrected chi connectivity index (χ0v) is 13.8. The Morgan fingerprint density at radius 3 is 2.76 bits per heavy atom. The van der Waals surface area contributed by atoms with Crippen LogP contribution in [-0.2, 0) is 23.9 Å². The summed E-state index contributed by atoms with van der Waals surface area (Å²) in [5.74, 6) is 0. The number of rotatable bonds is 2. The van der Waals surface area contributed by atoms with Gasteiger partial charge in [-0.3, -0.25) is 0 Å². The number of aliphatic hydroxyl groups is 1. The fraction of sp³-hybridized carbons (Fsp3) is 0.500. The van der Waals surface area contributed by atoms with Gasteiger partial charge in [-0.2, -0.15) is 0 Å². The van der Waals surface area contributed by atoms with Crippen molar-refractivity contribution in [2.45, 2.75) is 57.5 Å². The fourth-order valence-electron chi connectivity index (χ4n) is 3.07. The Balaban J connectivity index is 1.90. The first-order chi connectivity index (χ1) is 9.88. The molecule has 3 heteroatoms. The van der Waals surface area contributed by atoms with E-state index < -0.39 is 5.60 Å². The maximum atomic E-state index is 11.2. The van der Waals surface area contributed by atoms with Crippen molar-refractivity contribution in [1.82, 2.24) is 4.98 Å². The summed E-state index contributed by atoms with van der Waals surface area (Å²) >= 11 is 1.67. The van der Waals surface area contributed by atoms with Crippen LogP contribution in [0.15, 0.2) is 29.6 Å². The minimum absolute atomic E-state index is 0.0713. The van der Waals surface area contributed by atoms with E-state index in [0.29, 0.717) is 6.42 Å². The highest BCUT2D eigenvalue weighted by Gasteiger charge is 2.35. The van der Waals surface area contributed by atoms with Crippen LogP contribution >= 0.6 is 11.3 Å². The molecule has 0 radical (unpaired) electrons. The van der Waals surface area contributed by atoms with Crippen LogP contribution in [0.25, 0.3) is 0 Å². The van der Waals surface area contributed by atoms with Crippen molar-refractivity contribution in [1.29, 1.82) is 0 Å². The van der Waals surface area contributed by atoms with Gasteiger partial charge < -0.3 is 5.11 Å². The van der Waals surface area contributed by atoms with Gasteiger partial charge in [-0.05, 0) is 30.4 Å². The monoisotopic (exact) mass is 301 g/mol. The van der Waals surface area contributed by atoms with Gasteiger partial charge in [0, 0.05) is 17.2 Å². The van der Waals surface area contributed by atoms with E-state index in [0.717, 1.165) is 35.5 Å². The number of nitrogens with zero attached hydrogens (tertiary/aromatic N) is 1. The Kier molecular flexibility index (Phi) is 3.66. The molecule has 1 atom stereocenters. The Morgan fingerprint density at radius 2 is 2.05 bits per heavy atom. The smallest absolute Gasteiger partial charge is 0.0962 e. The second-order valence-corrected chi connectivity index (χ2v) is 8.04. The number of hydrogen-bond acceptors (Lipinski definition) is 3. The van der Waals surface area contributed by atoms with E-state index in [1.54, 1.807) is 11.3 Å². The van der Waals surface area contributed by atoms with Crippen molar-refractivity contribution >= 4 is 11.3 Å². The predicted molar refractivity (Wildman–Crippen MR) is 87.8 cm³/mol. The maximum Gasteiger partial charge on any atom is 0.0962 e. The van der Waals surface area contributed by atoms with Crippen LogP contribution < -0.4 is 0 Å². The average molecular weight is 301 g/mol. The highest BCUT2D eigenvalue weighted by Crippen LogP contribution is 2.38. The Bertz CT molecular complexity index is 641. The topological polar surface area (TPSA) is 33.1 Å². The number of aromatic nitrogens is 1. The molecule has 0 amide bonds. The summed E-state index contributed by atoms with van der Waals surface area (Å²) in [4.78, 5) is 4.75. The quantitative estimate of drug-likeness (QED) is 0.901. The number of hydrogen-bond donors (Lipinski definition) is 1. The molecule has 1 unspecified atom stereocenters. The van der Waals surface area contributed by atoms with Gasteiger partial charge in [-0.15, -0.1) is 11.3 Å². The molecule has 0 saturated carbocycles. The van der Waals surface area contributed by atoms with Gasteiger partial charge in [0.25, 0.3) is 0 Å². The summed E-state index contributed by atoms with van der Waals surface area (Å²) in [6.45, 7) is 6.53. The van der Waals surface area contributed by atoms with Gasteiger partial charge in [0.2, 0.25) is 0 Å². The summed E-state index contributed by atoms with van der Waals surface area (Å²) in [7, 11) is 0. The van der Waals surface area contributed by atoms with Crippen molar-refractivity contribution in [2.24, 2.45) is 0 Å². The molecular weight excluding hydrogens is 278 g/mol. The predicted octanol–water partition coefficient (Wildman–Crippen LogP) is 4.21. The van der Waals surface area contributed by atoms with Crippen molar-refractivity contribution < 1.29 is 5.11 Å². The van der Waals surface area contributed by atoms with E-state index in [-0.39, 0.29) is 5.41 Å². The molecule has 2 aromatic rings. The van der Waals surface area contributed by atoms with Gasteiger partial charge in [0.1, 0.15) is 0 Å². The molecule has 1 N–H and O–H groups in total. The lowest BCUT2D eigenvalue weighted by molar-refractivity contribution is 0.0189. The zero-order chi connectivity index (χ0) is 15.1. The molecule has 1 aliphatic rings. The molecule has 1 aliphatic carbocycles. The summed E-state index contributed by atoms with van der Waals surface area (Å²) in [6.07, 6.45) is 3.58. The second kappa shape index (κ2) is 5.22. The molecule has 21 heavy (non-hydrogen) atoms. The lowest BCUT2D eigenvalue weighted by atomic mass is 9.77. The molecule has 0 fully saturated rings. The molecule has 0 aliphatic heterocycles. The van der Waals surface area contributed by atoms with Gasteiger partial charge in [-0.25, -0.2) is 4.98 Å². The normalized spacial score (nSPS) is 22.1. The van der Waals surface area contributed by atoms with Crippen LogP contribution in [0.2, 0.25) is 0 Å². The third-order valence-electron chi connectivity index (χ3n) is 4.32. The molecule has 1 aromatic heterocycles. The van der Waals surface area contributed by atoms with Crippen molar-refractivity contribution in [2.75, 3.05) is 0 Å². The van der Waals surface area contributed by atoms with Crippen LogP contribution in [0.1, 0.15) is 55.4 Å². The first kappa shape index (κ1) is 14.7. The number of aryl methyl sites for hydroxylation is 1. The standard InChI is InChI=1S/C18H23NOS/c1-17(2,3)15-12-21-16(19-15)11-18(20)10-6-8-13-7-4-5-9-14(13)18/h4-5,7,9,12,20H,6,8,10-11H2,1-3H3. The van der Waals surface area contributed by atoms with Crippen molar-refractivity contribution in [3.63, 3.8) is 0 Å². The third-order valence-corrected chi connectivity index (χ3v) is 5.17. The van der Waals surface area contributed by atoms with Crippen LogP contribution in [0, 0.1) is 0 Å². The van der Waals surface area contributed by atoms with Crippen LogP contribution in [0.4, 0.5) is 0 Å². The van der Waals surface area contributed by atoms with E-state index >= 15 is 0 Å². The maximum absolute atomic E-state index is 11.2. The SMILES string of the molecule is CC(C)(C)c1csc(CC2(O)CCCc3ccccc32)n1. The molecular formula is C18H23NOS. The Morgan fingerprint density at radius 1 is 1.29 bits per heavy atom. The molecule has 0 saturated heterocycles. The Hall–Kier alpha value is -1.19. The number of thiazole rings is 1. The molecule has 3 rings (SSSR count). The van der Waals surface area contributed by atoms with Gasteiger partial charge in [-0.1, -0.05) is 45.0 Å². The molecule has 0 bridgehead atoms. The summed E-state index contributed by atoms with van der Waals surface area (Å²) in [6, 6.07) is 8.30. The van der Waals surface area contributed by atoms with E-state index in [2.05, 4.69) is 44.4 Å². The van der Waals surface area contributed by atoms with Gasteiger partial charge >= 0.3 is 0 Å². The van der Waals surface area contributed by atoms with E-state index in [1.165, 1.54) is 5.56 Å². The second-order valence-electron chi connectivity index (χ2n) is 7.10. The fourth-order valence-corrected chi connectivity index (χ4v) is 4.20. The summed E-state index contributed by atoms with van der Waals surface area (Å²) in [5, 5.41) is 14.3. The summed E-state index contributed by atoms with van der Waals surface area (Å²) in [5.41, 5.74) is 2.83. The summed E-state index contributed by atoms with van der Waals surface area (Å²) < 4.78 is 0. The highest BCUT2D eigenvalue weighted by atomic mass is 32.1. The largest absolute Gasteiger partial charge is 0.385 e. The minimum atomic E-state index is -0.748. The molecule has 1 heterocycles.